The predicted octanol–water partition coefficient (Wildman–Crippen LogP) is 1.57. The first kappa shape index (κ1) is 15.3. The number of halogens is 1. The summed E-state index contributed by atoms with van der Waals surface area (Å²) >= 11 is 0. The van der Waals surface area contributed by atoms with Gasteiger partial charge in [-0.2, -0.15) is 0 Å². The van der Waals surface area contributed by atoms with Crippen LogP contribution in [0.15, 0.2) is 18.2 Å². The van der Waals surface area contributed by atoms with Gasteiger partial charge in [-0.3, -0.25) is 4.79 Å². The summed E-state index contributed by atoms with van der Waals surface area (Å²) in [6.45, 7) is 3.61. The number of hydrogen-bond acceptors (Lipinski definition) is 2. The quantitative estimate of drug-likeness (QED) is 0.789. The summed E-state index contributed by atoms with van der Waals surface area (Å²) in [6, 6.07) is 4.45. The van der Waals surface area contributed by atoms with Crippen LogP contribution in [-0.4, -0.2) is 66.9 Å². The van der Waals surface area contributed by atoms with Crippen molar-refractivity contribution in [2.24, 2.45) is 0 Å². The van der Waals surface area contributed by atoms with E-state index in [-0.39, 0.29) is 17.5 Å². The first-order chi connectivity index (χ1) is 9.90. The highest BCUT2D eigenvalue weighted by Crippen LogP contribution is 2.14. The highest BCUT2D eigenvalue weighted by Gasteiger charge is 2.26. The van der Waals surface area contributed by atoms with Crippen LogP contribution in [0.4, 0.5) is 9.18 Å². The fourth-order valence-corrected chi connectivity index (χ4v) is 2.36. The lowest BCUT2D eigenvalue weighted by atomic mass is 10.1. The number of piperazine rings is 1. The lowest BCUT2D eigenvalue weighted by Crippen LogP contribution is -2.53. The van der Waals surface area contributed by atoms with Gasteiger partial charge in [-0.05, 0) is 19.1 Å². The summed E-state index contributed by atoms with van der Waals surface area (Å²) in [4.78, 5) is 29.0. The second-order valence-corrected chi connectivity index (χ2v) is 5.44. The first-order valence-corrected chi connectivity index (χ1v) is 6.92. The maximum absolute atomic E-state index is 13.8. The van der Waals surface area contributed by atoms with Gasteiger partial charge in [-0.15, -0.1) is 0 Å². The van der Waals surface area contributed by atoms with E-state index in [1.807, 2.05) is 6.92 Å². The average molecular weight is 293 g/mol. The molecule has 0 radical (unpaired) electrons. The molecule has 2 rings (SSSR count). The molecule has 1 aliphatic rings. The second-order valence-electron chi connectivity index (χ2n) is 5.44. The van der Waals surface area contributed by atoms with Gasteiger partial charge in [0.1, 0.15) is 5.82 Å². The van der Waals surface area contributed by atoms with Gasteiger partial charge in [0.05, 0.1) is 5.56 Å². The Kier molecular flexibility index (Phi) is 4.45. The maximum Gasteiger partial charge on any atom is 0.319 e. The Morgan fingerprint density at radius 1 is 1.10 bits per heavy atom. The van der Waals surface area contributed by atoms with Crippen molar-refractivity contribution in [1.29, 1.82) is 0 Å². The smallest absolute Gasteiger partial charge is 0.319 e. The molecule has 1 saturated heterocycles. The van der Waals surface area contributed by atoms with Crippen molar-refractivity contribution in [2.75, 3.05) is 40.3 Å². The summed E-state index contributed by atoms with van der Waals surface area (Å²) in [5.74, 6) is -0.814. The topological polar surface area (TPSA) is 43.9 Å². The number of hydrogen-bond donors (Lipinski definition) is 0. The minimum atomic E-state index is -0.502. The summed E-state index contributed by atoms with van der Waals surface area (Å²) in [7, 11) is 3.39. The standard InChI is InChI=1S/C15H20FN3O2/c1-11-4-5-13(16)12(10-11)14(20)18-6-8-19(9-7-18)15(21)17(2)3/h4-5,10H,6-9H2,1-3H3. The number of rotatable bonds is 1. The van der Waals surface area contributed by atoms with Crippen LogP contribution in [0.1, 0.15) is 15.9 Å². The maximum atomic E-state index is 13.8. The summed E-state index contributed by atoms with van der Waals surface area (Å²) in [6.07, 6.45) is 0. The SMILES string of the molecule is Cc1ccc(F)c(C(=O)N2CCN(C(=O)N(C)C)CC2)c1. The molecule has 0 atom stereocenters. The van der Waals surface area contributed by atoms with E-state index in [0.717, 1.165) is 5.56 Å². The first-order valence-electron chi connectivity index (χ1n) is 6.92. The molecule has 3 amide bonds. The molecular weight excluding hydrogens is 273 g/mol. The molecule has 0 N–H and O–H groups in total. The van der Waals surface area contributed by atoms with Crippen LogP contribution in [0.3, 0.4) is 0 Å². The van der Waals surface area contributed by atoms with E-state index in [9.17, 15) is 14.0 Å². The van der Waals surface area contributed by atoms with Crippen LogP contribution in [-0.2, 0) is 0 Å². The summed E-state index contributed by atoms with van der Waals surface area (Å²) < 4.78 is 13.8. The van der Waals surface area contributed by atoms with Crippen molar-refractivity contribution in [1.82, 2.24) is 14.7 Å². The van der Waals surface area contributed by atoms with Crippen LogP contribution in [0.25, 0.3) is 0 Å². The van der Waals surface area contributed by atoms with E-state index >= 15 is 0 Å². The summed E-state index contributed by atoms with van der Waals surface area (Å²) in [5, 5.41) is 0. The van der Waals surface area contributed by atoms with Crippen molar-refractivity contribution in [3.63, 3.8) is 0 Å². The van der Waals surface area contributed by atoms with Gasteiger partial charge in [0, 0.05) is 40.3 Å². The highest BCUT2D eigenvalue weighted by atomic mass is 19.1. The van der Waals surface area contributed by atoms with Gasteiger partial charge in [-0.1, -0.05) is 11.6 Å². The molecule has 1 heterocycles. The molecule has 1 aromatic carbocycles. The fourth-order valence-electron chi connectivity index (χ4n) is 2.36. The van der Waals surface area contributed by atoms with Crippen molar-refractivity contribution in [3.8, 4) is 0 Å². The molecule has 1 aromatic rings. The normalized spacial score (nSPS) is 15.0. The van der Waals surface area contributed by atoms with E-state index in [4.69, 9.17) is 0 Å². The van der Waals surface area contributed by atoms with Crippen molar-refractivity contribution >= 4 is 11.9 Å². The second kappa shape index (κ2) is 6.11. The van der Waals surface area contributed by atoms with Gasteiger partial charge >= 0.3 is 6.03 Å². The van der Waals surface area contributed by atoms with Crippen molar-refractivity contribution in [2.45, 2.75) is 6.92 Å². The average Bonchev–Trinajstić information content (AvgIpc) is 2.48. The number of carbonyl (C=O) groups is 2. The Labute approximate surface area is 123 Å². The van der Waals surface area contributed by atoms with Gasteiger partial charge < -0.3 is 14.7 Å². The zero-order chi connectivity index (χ0) is 15.6. The highest BCUT2D eigenvalue weighted by molar-refractivity contribution is 5.94. The number of amides is 3. The van der Waals surface area contributed by atoms with E-state index in [1.54, 1.807) is 36.0 Å². The van der Waals surface area contributed by atoms with Gasteiger partial charge in [0.2, 0.25) is 0 Å². The molecule has 0 unspecified atom stereocenters. The molecule has 0 aromatic heterocycles. The lowest BCUT2D eigenvalue weighted by Gasteiger charge is -2.36. The predicted molar refractivity (Wildman–Crippen MR) is 77.7 cm³/mol. The van der Waals surface area contributed by atoms with E-state index in [0.29, 0.717) is 26.2 Å². The number of aryl methyl sites for hydroxylation is 1. The van der Waals surface area contributed by atoms with Crippen LogP contribution >= 0.6 is 0 Å². The zero-order valence-electron chi connectivity index (χ0n) is 12.6. The molecule has 21 heavy (non-hydrogen) atoms. The van der Waals surface area contributed by atoms with E-state index in [1.165, 1.54) is 11.0 Å². The molecular formula is C15H20FN3O2. The molecule has 5 nitrogen and oxygen atoms in total. The molecule has 0 spiro atoms. The number of nitrogens with zero attached hydrogens (tertiary/aromatic N) is 3. The van der Waals surface area contributed by atoms with Gasteiger partial charge in [-0.25, -0.2) is 9.18 Å². The Bertz CT molecular complexity index is 552. The monoisotopic (exact) mass is 293 g/mol. The molecule has 6 heteroatoms. The molecule has 0 bridgehead atoms. The Balaban J connectivity index is 2.03. The van der Waals surface area contributed by atoms with Crippen LogP contribution in [0.5, 0.6) is 0 Å². The Morgan fingerprint density at radius 3 is 2.24 bits per heavy atom. The molecule has 1 aliphatic heterocycles. The van der Waals surface area contributed by atoms with Crippen LogP contribution < -0.4 is 0 Å². The van der Waals surface area contributed by atoms with Gasteiger partial charge in [0.15, 0.2) is 0 Å². The fraction of sp³-hybridized carbons (Fsp3) is 0.467. The molecule has 0 aliphatic carbocycles. The van der Waals surface area contributed by atoms with Crippen molar-refractivity contribution in [3.05, 3.63) is 35.1 Å². The molecule has 0 saturated carbocycles. The van der Waals surface area contributed by atoms with E-state index < -0.39 is 5.82 Å². The van der Waals surface area contributed by atoms with Crippen molar-refractivity contribution < 1.29 is 14.0 Å². The van der Waals surface area contributed by atoms with E-state index in [2.05, 4.69) is 0 Å². The number of carbonyl (C=O) groups excluding carboxylic acids is 2. The number of benzene rings is 1. The van der Waals surface area contributed by atoms with Crippen LogP contribution in [0.2, 0.25) is 0 Å². The minimum Gasteiger partial charge on any atom is -0.335 e. The third-order valence-corrected chi connectivity index (χ3v) is 3.57. The third kappa shape index (κ3) is 3.32. The Hall–Kier alpha value is -2.11. The summed E-state index contributed by atoms with van der Waals surface area (Å²) in [5.41, 5.74) is 0.948. The lowest BCUT2D eigenvalue weighted by molar-refractivity contribution is 0.0645. The third-order valence-electron chi connectivity index (χ3n) is 3.57. The minimum absolute atomic E-state index is 0.0659. The number of urea groups is 1. The van der Waals surface area contributed by atoms with Gasteiger partial charge in [0.25, 0.3) is 5.91 Å². The molecule has 1 fully saturated rings. The zero-order valence-corrected chi connectivity index (χ0v) is 12.6. The molecule has 114 valence electrons. The largest absolute Gasteiger partial charge is 0.335 e. The Morgan fingerprint density at radius 2 is 1.67 bits per heavy atom. The van der Waals surface area contributed by atoms with Crippen LogP contribution in [0, 0.1) is 12.7 Å².